The van der Waals surface area contributed by atoms with Gasteiger partial charge in [0.25, 0.3) is 0 Å². The standard InChI is InChI=1S/C23H21N3O3S/c1-14-7-9-17(10-8-14)26-20(27)13-18(21(26)19-6-3-11-30-19)23(29)25-16-5-2-4-15(12-16)22(24)28/h2-12,18,21H,13H2,1H3,(H2,24,28)(H,25,29)/t18-,21+/m0/s1. The van der Waals surface area contributed by atoms with Gasteiger partial charge in [-0.05, 0) is 48.7 Å². The molecule has 1 saturated heterocycles. The highest BCUT2D eigenvalue weighted by molar-refractivity contribution is 7.10. The van der Waals surface area contributed by atoms with Gasteiger partial charge in [0, 0.05) is 28.2 Å². The van der Waals surface area contributed by atoms with E-state index in [0.29, 0.717) is 11.3 Å². The molecule has 2 atom stereocenters. The number of carbonyl (C=O) groups is 3. The highest BCUT2D eigenvalue weighted by Crippen LogP contribution is 2.43. The van der Waals surface area contributed by atoms with Gasteiger partial charge < -0.3 is 16.0 Å². The zero-order chi connectivity index (χ0) is 21.3. The lowest BCUT2D eigenvalue weighted by molar-refractivity contribution is -0.122. The van der Waals surface area contributed by atoms with Crippen LogP contribution in [0.15, 0.2) is 66.0 Å². The summed E-state index contributed by atoms with van der Waals surface area (Å²) in [4.78, 5) is 40.2. The summed E-state index contributed by atoms with van der Waals surface area (Å²) in [5.41, 5.74) is 7.99. The van der Waals surface area contributed by atoms with Gasteiger partial charge in [0.2, 0.25) is 17.7 Å². The zero-order valence-corrected chi connectivity index (χ0v) is 17.2. The topological polar surface area (TPSA) is 92.5 Å². The van der Waals surface area contributed by atoms with E-state index < -0.39 is 11.8 Å². The molecule has 0 radical (unpaired) electrons. The number of hydrogen-bond donors (Lipinski definition) is 2. The highest BCUT2D eigenvalue weighted by atomic mass is 32.1. The number of amides is 3. The predicted molar refractivity (Wildman–Crippen MR) is 117 cm³/mol. The number of benzene rings is 2. The molecule has 2 aromatic carbocycles. The molecule has 1 aliphatic rings. The maximum absolute atomic E-state index is 13.2. The Morgan fingerprint density at radius 1 is 1.10 bits per heavy atom. The molecule has 1 aromatic heterocycles. The number of nitrogens with two attached hydrogens (primary N) is 1. The van der Waals surface area contributed by atoms with Crippen molar-refractivity contribution in [1.29, 1.82) is 0 Å². The molecule has 3 N–H and O–H groups in total. The number of anilines is 2. The molecule has 2 heterocycles. The Kier molecular flexibility index (Phi) is 5.37. The number of aryl methyl sites for hydroxylation is 1. The maximum atomic E-state index is 13.2. The van der Waals surface area contributed by atoms with Gasteiger partial charge in [-0.1, -0.05) is 29.8 Å². The van der Waals surface area contributed by atoms with Crippen LogP contribution in [-0.4, -0.2) is 17.7 Å². The van der Waals surface area contributed by atoms with E-state index >= 15 is 0 Å². The van der Waals surface area contributed by atoms with Crippen molar-refractivity contribution in [2.45, 2.75) is 19.4 Å². The first-order valence-electron chi connectivity index (χ1n) is 9.57. The fourth-order valence-corrected chi connectivity index (χ4v) is 4.63. The van der Waals surface area contributed by atoms with Gasteiger partial charge in [-0.25, -0.2) is 0 Å². The van der Waals surface area contributed by atoms with Crippen LogP contribution in [-0.2, 0) is 9.59 Å². The maximum Gasteiger partial charge on any atom is 0.248 e. The first kappa shape index (κ1) is 19.8. The zero-order valence-electron chi connectivity index (χ0n) is 16.4. The van der Waals surface area contributed by atoms with Crippen molar-refractivity contribution in [2.75, 3.05) is 10.2 Å². The largest absolute Gasteiger partial charge is 0.366 e. The van der Waals surface area contributed by atoms with Gasteiger partial charge >= 0.3 is 0 Å². The Labute approximate surface area is 178 Å². The number of rotatable bonds is 5. The lowest BCUT2D eigenvalue weighted by Gasteiger charge is -2.27. The second-order valence-electron chi connectivity index (χ2n) is 7.30. The Bertz CT molecular complexity index is 1090. The molecule has 7 heteroatoms. The number of primary amides is 1. The van der Waals surface area contributed by atoms with E-state index in [2.05, 4.69) is 5.32 Å². The lowest BCUT2D eigenvalue weighted by atomic mass is 9.97. The van der Waals surface area contributed by atoms with Crippen molar-refractivity contribution in [3.05, 3.63) is 82.0 Å². The van der Waals surface area contributed by atoms with Crippen LogP contribution in [0.1, 0.15) is 33.3 Å². The first-order valence-corrected chi connectivity index (χ1v) is 10.4. The van der Waals surface area contributed by atoms with E-state index in [-0.39, 0.29) is 24.3 Å². The van der Waals surface area contributed by atoms with E-state index in [9.17, 15) is 14.4 Å². The fraction of sp³-hybridized carbons (Fsp3) is 0.174. The average molecular weight is 420 g/mol. The van der Waals surface area contributed by atoms with E-state index in [1.54, 1.807) is 23.1 Å². The first-order chi connectivity index (χ1) is 14.4. The molecule has 0 aliphatic carbocycles. The van der Waals surface area contributed by atoms with Crippen LogP contribution >= 0.6 is 11.3 Å². The van der Waals surface area contributed by atoms with Crippen LogP contribution in [0.2, 0.25) is 0 Å². The average Bonchev–Trinajstić information content (AvgIpc) is 3.36. The summed E-state index contributed by atoms with van der Waals surface area (Å²) in [6.45, 7) is 1.99. The van der Waals surface area contributed by atoms with Crippen LogP contribution in [0.3, 0.4) is 0 Å². The fourth-order valence-electron chi connectivity index (χ4n) is 3.75. The van der Waals surface area contributed by atoms with Crippen LogP contribution < -0.4 is 16.0 Å². The minimum Gasteiger partial charge on any atom is -0.366 e. The number of carbonyl (C=O) groups excluding carboxylic acids is 3. The number of hydrogen-bond acceptors (Lipinski definition) is 4. The second kappa shape index (κ2) is 8.12. The molecule has 1 aliphatic heterocycles. The molecule has 30 heavy (non-hydrogen) atoms. The van der Waals surface area contributed by atoms with Crippen molar-refractivity contribution >= 4 is 40.4 Å². The Morgan fingerprint density at radius 2 is 1.87 bits per heavy atom. The number of thiophene rings is 1. The molecular formula is C23H21N3O3S. The van der Waals surface area contributed by atoms with Crippen molar-refractivity contribution in [1.82, 2.24) is 0 Å². The number of nitrogens with zero attached hydrogens (tertiary/aromatic N) is 1. The van der Waals surface area contributed by atoms with Gasteiger partial charge in [0.05, 0.1) is 12.0 Å². The molecular weight excluding hydrogens is 398 g/mol. The monoisotopic (exact) mass is 419 g/mol. The Morgan fingerprint density at radius 3 is 2.53 bits per heavy atom. The van der Waals surface area contributed by atoms with Gasteiger partial charge in [-0.15, -0.1) is 11.3 Å². The third-order valence-corrected chi connectivity index (χ3v) is 6.16. The highest BCUT2D eigenvalue weighted by Gasteiger charge is 2.45. The van der Waals surface area contributed by atoms with Crippen LogP contribution in [0.4, 0.5) is 11.4 Å². The van der Waals surface area contributed by atoms with Crippen molar-refractivity contribution in [3.8, 4) is 0 Å². The molecule has 0 bridgehead atoms. The summed E-state index contributed by atoms with van der Waals surface area (Å²) >= 11 is 1.52. The molecule has 3 aromatic rings. The summed E-state index contributed by atoms with van der Waals surface area (Å²) in [5, 5.41) is 4.79. The minimum atomic E-state index is -0.566. The van der Waals surface area contributed by atoms with E-state index in [4.69, 9.17) is 5.73 Å². The van der Waals surface area contributed by atoms with Crippen molar-refractivity contribution < 1.29 is 14.4 Å². The van der Waals surface area contributed by atoms with Gasteiger partial charge in [0.15, 0.2) is 0 Å². The van der Waals surface area contributed by atoms with Gasteiger partial charge in [0.1, 0.15) is 0 Å². The van der Waals surface area contributed by atoms with Crippen molar-refractivity contribution in [2.24, 2.45) is 11.7 Å². The Balaban J connectivity index is 1.65. The third kappa shape index (κ3) is 3.84. The minimum absolute atomic E-state index is 0.0942. The van der Waals surface area contributed by atoms with Crippen molar-refractivity contribution in [3.63, 3.8) is 0 Å². The van der Waals surface area contributed by atoms with E-state index in [1.165, 1.54) is 17.4 Å². The molecule has 0 spiro atoms. The Hall–Kier alpha value is -3.45. The summed E-state index contributed by atoms with van der Waals surface area (Å²) in [5.74, 6) is -1.49. The molecule has 1 fully saturated rings. The lowest BCUT2D eigenvalue weighted by Crippen LogP contribution is -2.32. The van der Waals surface area contributed by atoms with E-state index in [0.717, 1.165) is 16.1 Å². The molecule has 3 amide bonds. The summed E-state index contributed by atoms with van der Waals surface area (Å²) in [6, 6.07) is 17.7. The SMILES string of the molecule is Cc1ccc(N2C(=O)C[C@H](C(=O)Nc3cccc(C(N)=O)c3)[C@@H]2c2cccs2)cc1. The second-order valence-corrected chi connectivity index (χ2v) is 8.28. The summed E-state index contributed by atoms with van der Waals surface area (Å²) < 4.78 is 0. The van der Waals surface area contributed by atoms with Crippen LogP contribution in [0.25, 0.3) is 0 Å². The molecule has 0 unspecified atom stereocenters. The van der Waals surface area contributed by atoms with E-state index in [1.807, 2.05) is 48.7 Å². The smallest absolute Gasteiger partial charge is 0.248 e. The predicted octanol–water partition coefficient (Wildman–Crippen LogP) is 3.89. The number of nitrogens with one attached hydrogen (secondary N) is 1. The summed E-state index contributed by atoms with van der Waals surface area (Å²) in [6.07, 6.45) is 0.109. The molecule has 0 saturated carbocycles. The summed E-state index contributed by atoms with van der Waals surface area (Å²) in [7, 11) is 0. The molecule has 6 nitrogen and oxygen atoms in total. The molecule has 4 rings (SSSR count). The van der Waals surface area contributed by atoms with Crippen LogP contribution in [0, 0.1) is 12.8 Å². The third-order valence-electron chi connectivity index (χ3n) is 5.22. The quantitative estimate of drug-likeness (QED) is 0.657. The normalized spacial score (nSPS) is 18.4. The van der Waals surface area contributed by atoms with Gasteiger partial charge in [-0.2, -0.15) is 0 Å². The van der Waals surface area contributed by atoms with Crippen LogP contribution in [0.5, 0.6) is 0 Å². The molecule has 152 valence electrons. The van der Waals surface area contributed by atoms with Gasteiger partial charge in [-0.3, -0.25) is 14.4 Å².